The van der Waals surface area contributed by atoms with E-state index in [9.17, 15) is 5.26 Å². The fraction of sp³-hybridized carbons (Fsp3) is 0.188. The third kappa shape index (κ3) is 7.58. The average Bonchev–Trinajstić information content (AvgIpc) is 2.93. The number of nitrogens with zero attached hydrogens (tertiary/aromatic N) is 2. The van der Waals surface area contributed by atoms with Crippen molar-refractivity contribution in [1.29, 1.82) is 10.5 Å². The Hall–Kier alpha value is -3.85. The Labute approximate surface area is 214 Å². The molecule has 0 aliphatic carbocycles. The van der Waals surface area contributed by atoms with E-state index in [0.717, 1.165) is 41.5 Å². The molecular formula is C32H29ClN2. The van der Waals surface area contributed by atoms with E-state index in [4.69, 9.17) is 16.9 Å². The summed E-state index contributed by atoms with van der Waals surface area (Å²) in [5.74, 6) is 0.605. The summed E-state index contributed by atoms with van der Waals surface area (Å²) in [5.41, 5.74) is 6.86. The molecule has 0 saturated heterocycles. The van der Waals surface area contributed by atoms with Gasteiger partial charge in [0.1, 0.15) is 0 Å². The molecule has 1 unspecified atom stereocenters. The maximum Gasteiger partial charge on any atom is 0.0718 e. The van der Waals surface area contributed by atoms with Crippen LogP contribution in [0.4, 0.5) is 0 Å². The van der Waals surface area contributed by atoms with Crippen molar-refractivity contribution >= 4 is 11.6 Å². The van der Waals surface area contributed by atoms with Gasteiger partial charge in [-0.2, -0.15) is 10.5 Å². The summed E-state index contributed by atoms with van der Waals surface area (Å²) in [4.78, 5) is 0. The van der Waals surface area contributed by atoms with Gasteiger partial charge in [0.05, 0.1) is 24.5 Å². The lowest BCUT2D eigenvalue weighted by Gasteiger charge is -2.14. The molecule has 2 nitrogen and oxygen atoms in total. The first-order valence-corrected chi connectivity index (χ1v) is 12.4. The van der Waals surface area contributed by atoms with Crippen LogP contribution in [0.1, 0.15) is 36.3 Å². The Morgan fingerprint density at radius 2 is 1.17 bits per heavy atom. The summed E-state index contributed by atoms with van der Waals surface area (Å²) in [6.07, 6.45) is 3.29. The van der Waals surface area contributed by atoms with Gasteiger partial charge in [0, 0.05) is 5.88 Å². The van der Waals surface area contributed by atoms with Gasteiger partial charge in [-0.15, -0.1) is 11.6 Å². The number of nitriles is 2. The van der Waals surface area contributed by atoms with E-state index in [1.165, 1.54) is 11.1 Å². The Bertz CT molecular complexity index is 1250. The normalized spacial score (nSPS) is 10.8. The smallest absolute Gasteiger partial charge is 0.0718 e. The van der Waals surface area contributed by atoms with E-state index in [2.05, 4.69) is 54.6 Å². The summed E-state index contributed by atoms with van der Waals surface area (Å²) < 4.78 is 0. The van der Waals surface area contributed by atoms with Crippen LogP contribution in [0.15, 0.2) is 109 Å². The van der Waals surface area contributed by atoms with E-state index in [1.807, 2.05) is 66.7 Å². The molecule has 0 aliphatic rings. The summed E-state index contributed by atoms with van der Waals surface area (Å²) in [6.45, 7) is 0. The van der Waals surface area contributed by atoms with Gasteiger partial charge in [0.2, 0.25) is 0 Å². The molecule has 0 aromatic heterocycles. The first kappa shape index (κ1) is 25.8. The molecule has 0 saturated carbocycles. The molecule has 174 valence electrons. The molecule has 0 radical (unpaired) electrons. The van der Waals surface area contributed by atoms with Crippen LogP contribution >= 0.6 is 11.6 Å². The second kappa shape index (κ2) is 14.4. The number of benzene rings is 4. The molecule has 4 rings (SSSR count). The summed E-state index contributed by atoms with van der Waals surface area (Å²) in [7, 11) is 0. The topological polar surface area (TPSA) is 47.6 Å². The van der Waals surface area contributed by atoms with Crippen molar-refractivity contribution in [2.45, 2.75) is 31.6 Å². The van der Waals surface area contributed by atoms with Crippen molar-refractivity contribution in [2.75, 3.05) is 5.88 Å². The van der Waals surface area contributed by atoms with Crippen molar-refractivity contribution in [3.05, 3.63) is 120 Å². The van der Waals surface area contributed by atoms with Crippen LogP contribution < -0.4 is 0 Å². The van der Waals surface area contributed by atoms with Crippen molar-refractivity contribution in [1.82, 2.24) is 0 Å². The van der Waals surface area contributed by atoms with Gasteiger partial charge < -0.3 is 0 Å². The zero-order valence-electron chi connectivity index (χ0n) is 19.8. The predicted molar refractivity (Wildman–Crippen MR) is 146 cm³/mol. The largest absolute Gasteiger partial charge is 0.198 e. The zero-order valence-corrected chi connectivity index (χ0v) is 20.5. The lowest BCUT2D eigenvalue weighted by Crippen LogP contribution is -1.99. The molecule has 35 heavy (non-hydrogen) atoms. The van der Waals surface area contributed by atoms with Crippen LogP contribution in [0.5, 0.6) is 0 Å². The third-order valence-corrected chi connectivity index (χ3v) is 6.09. The first-order chi connectivity index (χ1) is 17.3. The number of alkyl halides is 1. The number of halogens is 1. The Morgan fingerprint density at radius 3 is 1.77 bits per heavy atom. The minimum Gasteiger partial charge on any atom is -0.198 e. The molecule has 0 bridgehead atoms. The highest BCUT2D eigenvalue weighted by Crippen LogP contribution is 2.31. The van der Waals surface area contributed by atoms with Crippen LogP contribution in [-0.2, 0) is 6.42 Å². The van der Waals surface area contributed by atoms with E-state index >= 15 is 0 Å². The highest BCUT2D eigenvalue weighted by molar-refractivity contribution is 6.17. The summed E-state index contributed by atoms with van der Waals surface area (Å²) in [5, 5.41) is 18.2. The molecule has 0 aliphatic heterocycles. The lowest BCUT2D eigenvalue weighted by molar-refractivity contribution is 0.674. The van der Waals surface area contributed by atoms with E-state index in [1.54, 1.807) is 0 Å². The standard InChI is InChI=1S/C18H18ClN.C14H11N/c19-13-7-6-10-16(14-20)18-12-5-4-11-17(18)15-8-2-1-3-9-15;15-11-10-13-8-4-5-9-14(13)12-6-2-1-3-7-12/h1-5,8-9,11-12,16H,6-7,10,13H2;1-9H,10H2. The number of hydrogen-bond acceptors (Lipinski definition) is 2. The minimum atomic E-state index is -0.0605. The SMILES string of the molecule is N#CC(CCCCCl)c1ccccc1-c1ccccc1.N#CCc1ccccc1-c1ccccc1. The number of hydrogen-bond donors (Lipinski definition) is 0. The van der Waals surface area contributed by atoms with Gasteiger partial charge >= 0.3 is 0 Å². The van der Waals surface area contributed by atoms with Crippen LogP contribution in [0.2, 0.25) is 0 Å². The third-order valence-electron chi connectivity index (χ3n) is 5.82. The molecule has 4 aromatic rings. The van der Waals surface area contributed by atoms with Gasteiger partial charge in [-0.1, -0.05) is 116 Å². The Kier molecular flexibility index (Phi) is 10.6. The molecule has 0 N–H and O–H groups in total. The van der Waals surface area contributed by atoms with E-state index in [-0.39, 0.29) is 5.92 Å². The van der Waals surface area contributed by atoms with Gasteiger partial charge in [-0.25, -0.2) is 0 Å². The molecule has 0 fully saturated rings. The highest BCUT2D eigenvalue weighted by Gasteiger charge is 2.15. The van der Waals surface area contributed by atoms with Crippen LogP contribution in [-0.4, -0.2) is 5.88 Å². The highest BCUT2D eigenvalue weighted by atomic mass is 35.5. The van der Waals surface area contributed by atoms with Crippen molar-refractivity contribution < 1.29 is 0 Å². The van der Waals surface area contributed by atoms with E-state index in [0.29, 0.717) is 12.3 Å². The van der Waals surface area contributed by atoms with Crippen molar-refractivity contribution in [3.63, 3.8) is 0 Å². The Balaban J connectivity index is 0.000000203. The zero-order chi connectivity index (χ0) is 24.7. The quantitative estimate of drug-likeness (QED) is 0.188. The number of unbranched alkanes of at least 4 members (excludes halogenated alkanes) is 1. The average molecular weight is 477 g/mol. The second-order valence-electron chi connectivity index (χ2n) is 8.18. The summed E-state index contributed by atoms with van der Waals surface area (Å²) >= 11 is 5.72. The van der Waals surface area contributed by atoms with Crippen molar-refractivity contribution in [2.24, 2.45) is 0 Å². The van der Waals surface area contributed by atoms with Gasteiger partial charge in [-0.05, 0) is 46.2 Å². The molecule has 0 spiro atoms. The monoisotopic (exact) mass is 476 g/mol. The maximum absolute atomic E-state index is 9.47. The van der Waals surface area contributed by atoms with Crippen LogP contribution in [0.3, 0.4) is 0 Å². The van der Waals surface area contributed by atoms with Crippen molar-refractivity contribution in [3.8, 4) is 34.4 Å². The minimum absolute atomic E-state index is 0.0605. The van der Waals surface area contributed by atoms with E-state index < -0.39 is 0 Å². The molecular weight excluding hydrogens is 448 g/mol. The van der Waals surface area contributed by atoms with Gasteiger partial charge in [-0.3, -0.25) is 0 Å². The van der Waals surface area contributed by atoms with Crippen LogP contribution in [0, 0.1) is 22.7 Å². The lowest BCUT2D eigenvalue weighted by atomic mass is 9.88. The predicted octanol–water partition coefficient (Wildman–Crippen LogP) is 8.79. The number of rotatable bonds is 8. The Morgan fingerprint density at radius 1 is 0.629 bits per heavy atom. The fourth-order valence-corrected chi connectivity index (χ4v) is 4.26. The first-order valence-electron chi connectivity index (χ1n) is 11.9. The molecule has 3 heteroatoms. The van der Waals surface area contributed by atoms with Gasteiger partial charge in [0.25, 0.3) is 0 Å². The van der Waals surface area contributed by atoms with Gasteiger partial charge in [0.15, 0.2) is 0 Å². The fourth-order valence-electron chi connectivity index (χ4n) is 4.07. The molecule has 4 aromatic carbocycles. The molecule has 0 amide bonds. The van der Waals surface area contributed by atoms with Crippen LogP contribution in [0.25, 0.3) is 22.3 Å². The second-order valence-corrected chi connectivity index (χ2v) is 8.56. The molecule has 1 atom stereocenters. The molecule has 0 heterocycles. The maximum atomic E-state index is 9.47. The summed E-state index contributed by atoms with van der Waals surface area (Å²) in [6, 6.07) is 41.3.